The van der Waals surface area contributed by atoms with Crippen LogP contribution < -0.4 is 5.32 Å². The molecule has 0 saturated carbocycles. The monoisotopic (exact) mass is 351 g/mol. The first-order valence-corrected chi connectivity index (χ1v) is 7.40. The van der Waals surface area contributed by atoms with Gasteiger partial charge in [-0.2, -0.15) is 0 Å². The summed E-state index contributed by atoms with van der Waals surface area (Å²) in [5, 5.41) is 3.52. The fourth-order valence-corrected chi connectivity index (χ4v) is 2.63. The molecule has 4 heteroatoms. The topological polar surface area (TPSA) is 29.1 Å². The van der Waals surface area contributed by atoms with E-state index in [0.29, 0.717) is 16.3 Å². The zero-order valence-electron chi connectivity index (χ0n) is 11.6. The number of nitrogens with one attached hydrogen (secondary N) is 1. The molecule has 0 heterocycles. The quantitative estimate of drug-likeness (QED) is 0.782. The van der Waals surface area contributed by atoms with Crippen molar-refractivity contribution < 1.29 is 4.79 Å². The van der Waals surface area contributed by atoms with Crippen LogP contribution >= 0.6 is 27.5 Å². The van der Waals surface area contributed by atoms with Crippen molar-refractivity contribution in [3.63, 3.8) is 0 Å². The van der Waals surface area contributed by atoms with Crippen molar-refractivity contribution in [3.05, 3.63) is 62.1 Å². The lowest BCUT2D eigenvalue weighted by Gasteiger charge is -2.11. The van der Waals surface area contributed by atoms with Crippen molar-refractivity contribution in [2.24, 2.45) is 0 Å². The van der Waals surface area contributed by atoms with Crippen molar-refractivity contribution in [1.82, 2.24) is 0 Å². The van der Waals surface area contributed by atoms with Gasteiger partial charge in [0.05, 0.1) is 5.69 Å². The third kappa shape index (κ3) is 3.22. The number of halogens is 2. The van der Waals surface area contributed by atoms with E-state index < -0.39 is 0 Å². The normalized spacial score (nSPS) is 10.4. The predicted molar refractivity (Wildman–Crippen MR) is 87.8 cm³/mol. The van der Waals surface area contributed by atoms with Gasteiger partial charge in [0, 0.05) is 15.1 Å². The van der Waals surface area contributed by atoms with Crippen LogP contribution in [0.3, 0.4) is 0 Å². The van der Waals surface area contributed by atoms with Gasteiger partial charge in [0.15, 0.2) is 0 Å². The summed E-state index contributed by atoms with van der Waals surface area (Å²) in [6.07, 6.45) is 0. The Balaban J connectivity index is 2.32. The smallest absolute Gasteiger partial charge is 0.255 e. The molecule has 104 valence electrons. The zero-order valence-corrected chi connectivity index (χ0v) is 13.9. The lowest BCUT2D eigenvalue weighted by Crippen LogP contribution is -2.14. The lowest BCUT2D eigenvalue weighted by atomic mass is 10.0. The molecule has 0 unspecified atom stereocenters. The number of rotatable bonds is 2. The van der Waals surface area contributed by atoms with Gasteiger partial charge in [-0.15, -0.1) is 0 Å². The molecule has 0 aliphatic carbocycles. The summed E-state index contributed by atoms with van der Waals surface area (Å²) in [5.74, 6) is -0.133. The van der Waals surface area contributed by atoms with Crippen LogP contribution in [0.15, 0.2) is 34.8 Å². The van der Waals surface area contributed by atoms with Crippen molar-refractivity contribution in [3.8, 4) is 0 Å². The minimum absolute atomic E-state index is 0.133. The third-order valence-electron chi connectivity index (χ3n) is 3.13. The fraction of sp³-hybridized carbons (Fsp3) is 0.188. The Morgan fingerprint density at radius 3 is 2.50 bits per heavy atom. The maximum absolute atomic E-state index is 12.4. The van der Waals surface area contributed by atoms with Crippen molar-refractivity contribution >= 4 is 39.1 Å². The molecule has 1 amide bonds. The van der Waals surface area contributed by atoms with E-state index >= 15 is 0 Å². The zero-order chi connectivity index (χ0) is 14.9. The molecule has 2 nitrogen and oxygen atoms in total. The second-order valence-corrected chi connectivity index (χ2v) is 6.12. The number of carbonyl (C=O) groups is 1. The highest BCUT2D eigenvalue weighted by atomic mass is 79.9. The van der Waals surface area contributed by atoms with E-state index in [9.17, 15) is 4.79 Å². The number of anilines is 1. The first-order valence-electron chi connectivity index (χ1n) is 6.22. The Morgan fingerprint density at radius 2 is 1.80 bits per heavy atom. The number of carbonyl (C=O) groups excluding carboxylic acids is 1. The Hall–Kier alpha value is -1.32. The molecule has 2 aromatic rings. The molecule has 2 rings (SSSR count). The first kappa shape index (κ1) is 15.1. The van der Waals surface area contributed by atoms with Crippen LogP contribution in [0, 0.1) is 20.8 Å². The molecule has 0 aromatic heterocycles. The molecule has 1 N–H and O–H groups in total. The number of hydrogen-bond acceptors (Lipinski definition) is 1. The largest absolute Gasteiger partial charge is 0.321 e. The molecular weight excluding hydrogens is 338 g/mol. The Kier molecular flexibility index (Phi) is 4.51. The molecule has 0 bridgehead atoms. The van der Waals surface area contributed by atoms with Crippen LogP contribution in [-0.4, -0.2) is 5.91 Å². The van der Waals surface area contributed by atoms with Gasteiger partial charge in [-0.05, 0) is 66.0 Å². The van der Waals surface area contributed by atoms with Gasteiger partial charge in [0.1, 0.15) is 0 Å². The van der Waals surface area contributed by atoms with Crippen molar-refractivity contribution in [2.45, 2.75) is 20.8 Å². The second-order valence-electron chi connectivity index (χ2n) is 4.85. The second kappa shape index (κ2) is 5.98. The lowest BCUT2D eigenvalue weighted by molar-refractivity contribution is 0.102. The summed E-state index contributed by atoms with van der Waals surface area (Å²) in [7, 11) is 0. The standard InChI is InChI=1S/C16H15BrClNO/c1-9-4-5-10(2)12(6-9)16(20)19-15-8-14(18)11(3)7-13(15)17/h4-8H,1-3H3,(H,19,20). The van der Waals surface area contributed by atoms with E-state index in [4.69, 9.17) is 11.6 Å². The molecule has 0 fully saturated rings. The molecule has 2 aromatic carbocycles. The molecule has 0 saturated heterocycles. The third-order valence-corrected chi connectivity index (χ3v) is 4.20. The van der Waals surface area contributed by atoms with Gasteiger partial charge >= 0.3 is 0 Å². The molecule has 0 spiro atoms. The van der Waals surface area contributed by atoms with Gasteiger partial charge in [-0.25, -0.2) is 0 Å². The molecular formula is C16H15BrClNO. The van der Waals surface area contributed by atoms with Crippen LogP contribution in [0.25, 0.3) is 0 Å². The van der Waals surface area contributed by atoms with Crippen LogP contribution in [-0.2, 0) is 0 Å². The van der Waals surface area contributed by atoms with Gasteiger partial charge in [-0.1, -0.05) is 29.3 Å². The predicted octanol–water partition coefficient (Wildman–Crippen LogP) is 5.28. The van der Waals surface area contributed by atoms with E-state index in [-0.39, 0.29) is 5.91 Å². The van der Waals surface area contributed by atoms with Gasteiger partial charge in [-0.3, -0.25) is 4.79 Å². The fourth-order valence-electron chi connectivity index (χ4n) is 1.91. The molecule has 20 heavy (non-hydrogen) atoms. The van der Waals surface area contributed by atoms with Gasteiger partial charge < -0.3 is 5.32 Å². The van der Waals surface area contributed by atoms with Crippen LogP contribution in [0.5, 0.6) is 0 Å². The first-order chi connectivity index (χ1) is 9.38. The van der Waals surface area contributed by atoms with Crippen molar-refractivity contribution in [2.75, 3.05) is 5.32 Å². The Morgan fingerprint density at radius 1 is 1.10 bits per heavy atom. The molecule has 0 aliphatic rings. The highest BCUT2D eigenvalue weighted by Gasteiger charge is 2.12. The van der Waals surface area contributed by atoms with E-state index in [0.717, 1.165) is 21.2 Å². The highest BCUT2D eigenvalue weighted by molar-refractivity contribution is 9.10. The Labute approximate surface area is 132 Å². The average Bonchev–Trinajstić information content (AvgIpc) is 2.38. The molecule has 0 aliphatic heterocycles. The number of hydrogen-bond donors (Lipinski definition) is 1. The molecule has 0 atom stereocenters. The van der Waals surface area contributed by atoms with Gasteiger partial charge in [0.2, 0.25) is 0 Å². The van der Waals surface area contributed by atoms with E-state index in [1.807, 2.05) is 45.0 Å². The SMILES string of the molecule is Cc1ccc(C)c(C(=O)Nc2cc(Cl)c(C)cc2Br)c1. The van der Waals surface area contributed by atoms with Crippen LogP contribution in [0.2, 0.25) is 5.02 Å². The maximum atomic E-state index is 12.4. The minimum Gasteiger partial charge on any atom is -0.321 e. The van der Waals surface area contributed by atoms with E-state index in [1.54, 1.807) is 6.07 Å². The van der Waals surface area contributed by atoms with E-state index in [1.165, 1.54) is 0 Å². The minimum atomic E-state index is -0.133. The van der Waals surface area contributed by atoms with Crippen LogP contribution in [0.1, 0.15) is 27.0 Å². The number of amides is 1. The maximum Gasteiger partial charge on any atom is 0.255 e. The van der Waals surface area contributed by atoms with Gasteiger partial charge in [0.25, 0.3) is 5.91 Å². The summed E-state index contributed by atoms with van der Waals surface area (Å²) in [5.41, 5.74) is 4.31. The summed E-state index contributed by atoms with van der Waals surface area (Å²) in [6, 6.07) is 9.46. The van der Waals surface area contributed by atoms with Crippen LogP contribution in [0.4, 0.5) is 5.69 Å². The summed E-state index contributed by atoms with van der Waals surface area (Å²) < 4.78 is 0.818. The number of aryl methyl sites for hydroxylation is 3. The summed E-state index contributed by atoms with van der Waals surface area (Å²) in [4.78, 5) is 12.4. The average molecular weight is 353 g/mol. The summed E-state index contributed by atoms with van der Waals surface area (Å²) >= 11 is 9.54. The highest BCUT2D eigenvalue weighted by Crippen LogP contribution is 2.29. The number of benzene rings is 2. The van der Waals surface area contributed by atoms with Crippen molar-refractivity contribution in [1.29, 1.82) is 0 Å². The Bertz CT molecular complexity index is 682. The van der Waals surface area contributed by atoms with E-state index in [2.05, 4.69) is 21.2 Å². The molecule has 0 radical (unpaired) electrons. The summed E-state index contributed by atoms with van der Waals surface area (Å²) in [6.45, 7) is 5.81.